The number of nitrogens with two attached hydrogens (primary N) is 1. The number of alkyl halides is 3. The number of hydrogen-bond acceptors (Lipinski definition) is 3. The average molecular weight is 418 g/mol. The van der Waals surface area contributed by atoms with Gasteiger partial charge in [-0.25, -0.2) is 0 Å². The van der Waals surface area contributed by atoms with Crippen molar-refractivity contribution in [2.45, 2.75) is 56.5 Å². The molecule has 2 N–H and O–H groups in total. The van der Waals surface area contributed by atoms with E-state index in [-0.39, 0.29) is 11.2 Å². The minimum Gasteiger partial charge on any atom is -0.406 e. The summed E-state index contributed by atoms with van der Waals surface area (Å²) in [6, 6.07) is 14.2. The molecule has 1 aliphatic heterocycles. The lowest BCUT2D eigenvalue weighted by Crippen LogP contribution is -2.51. The normalized spacial score (nSPS) is 24.4. The molecule has 1 amide bonds. The molecule has 1 saturated carbocycles. The fourth-order valence-corrected chi connectivity index (χ4v) is 5.10. The number of ether oxygens (including phenoxy) is 1. The number of primary amides is 1. The van der Waals surface area contributed by atoms with Gasteiger partial charge < -0.3 is 10.5 Å². The summed E-state index contributed by atoms with van der Waals surface area (Å²) >= 11 is 0. The average Bonchev–Trinajstić information content (AvgIpc) is 2.70. The zero-order chi connectivity index (χ0) is 21.4. The first-order valence-electron chi connectivity index (χ1n) is 10.2. The number of amides is 1. The molecule has 0 radical (unpaired) electrons. The van der Waals surface area contributed by atoms with Crippen molar-refractivity contribution in [1.82, 2.24) is 4.90 Å². The van der Waals surface area contributed by atoms with Crippen LogP contribution in [0.15, 0.2) is 48.5 Å². The van der Waals surface area contributed by atoms with E-state index in [9.17, 15) is 18.0 Å². The Morgan fingerprint density at radius 1 is 1.17 bits per heavy atom. The molecule has 160 valence electrons. The van der Waals surface area contributed by atoms with Crippen LogP contribution in [-0.4, -0.2) is 29.8 Å². The van der Waals surface area contributed by atoms with Crippen LogP contribution < -0.4 is 10.5 Å². The fraction of sp³-hybridized carbons (Fsp3) is 0.435. The Balaban J connectivity index is 1.49. The van der Waals surface area contributed by atoms with Crippen molar-refractivity contribution in [3.8, 4) is 5.75 Å². The first-order chi connectivity index (χ1) is 14.2. The van der Waals surface area contributed by atoms with Gasteiger partial charge in [-0.1, -0.05) is 30.7 Å². The van der Waals surface area contributed by atoms with Crippen molar-refractivity contribution in [1.29, 1.82) is 0 Å². The van der Waals surface area contributed by atoms with Crippen molar-refractivity contribution in [2.75, 3.05) is 6.54 Å². The van der Waals surface area contributed by atoms with Gasteiger partial charge in [0.25, 0.3) is 0 Å². The molecule has 0 spiro atoms. The van der Waals surface area contributed by atoms with Crippen molar-refractivity contribution in [2.24, 2.45) is 5.73 Å². The molecule has 1 saturated heterocycles. The largest absolute Gasteiger partial charge is 0.573 e. The maximum absolute atomic E-state index is 12.5. The highest BCUT2D eigenvalue weighted by Gasteiger charge is 2.43. The predicted octanol–water partition coefficient (Wildman–Crippen LogP) is 4.77. The lowest BCUT2D eigenvalue weighted by Gasteiger charge is -2.51. The lowest BCUT2D eigenvalue weighted by atomic mass is 9.63. The molecule has 2 bridgehead atoms. The zero-order valence-electron chi connectivity index (χ0n) is 16.6. The molecular formula is C23H25F3N2O2. The van der Waals surface area contributed by atoms with E-state index < -0.39 is 12.3 Å². The summed E-state index contributed by atoms with van der Waals surface area (Å²) in [5.74, 6) is -0.600. The van der Waals surface area contributed by atoms with Gasteiger partial charge in [0, 0.05) is 18.2 Å². The first kappa shape index (κ1) is 20.7. The molecule has 2 unspecified atom stereocenters. The van der Waals surface area contributed by atoms with Crippen LogP contribution in [0.1, 0.15) is 53.6 Å². The molecule has 2 atom stereocenters. The number of piperidine rings is 1. The molecule has 1 aliphatic carbocycles. The summed E-state index contributed by atoms with van der Waals surface area (Å²) in [7, 11) is 0. The second-order valence-electron chi connectivity index (χ2n) is 8.39. The summed E-state index contributed by atoms with van der Waals surface area (Å²) in [5, 5.41) is 0. The van der Waals surface area contributed by atoms with E-state index >= 15 is 0 Å². The van der Waals surface area contributed by atoms with Gasteiger partial charge in [-0.2, -0.15) is 0 Å². The van der Waals surface area contributed by atoms with Gasteiger partial charge in [0.1, 0.15) is 5.75 Å². The number of rotatable bonds is 5. The van der Waals surface area contributed by atoms with Gasteiger partial charge in [-0.15, -0.1) is 13.2 Å². The number of likely N-dealkylation sites (tertiary alicyclic amines) is 1. The molecule has 0 aromatic heterocycles. The second-order valence-corrected chi connectivity index (χ2v) is 8.39. The third kappa shape index (κ3) is 4.46. The number of carbonyl (C=O) groups is 1. The fourth-order valence-electron chi connectivity index (χ4n) is 5.10. The molecule has 2 aliphatic rings. The van der Waals surface area contributed by atoms with Crippen LogP contribution in [0.4, 0.5) is 13.2 Å². The molecule has 2 aromatic rings. The van der Waals surface area contributed by atoms with Crippen molar-refractivity contribution >= 4 is 5.91 Å². The molecular weight excluding hydrogens is 393 g/mol. The van der Waals surface area contributed by atoms with E-state index in [1.807, 2.05) is 18.2 Å². The Morgan fingerprint density at radius 2 is 1.97 bits per heavy atom. The van der Waals surface area contributed by atoms with E-state index in [1.165, 1.54) is 17.7 Å². The molecule has 2 aromatic carbocycles. The third-order valence-electron chi connectivity index (χ3n) is 6.49. The van der Waals surface area contributed by atoms with E-state index in [4.69, 9.17) is 5.73 Å². The van der Waals surface area contributed by atoms with Crippen LogP contribution in [0.5, 0.6) is 5.75 Å². The minimum absolute atomic E-state index is 0.0338. The van der Waals surface area contributed by atoms with E-state index in [0.29, 0.717) is 18.2 Å². The van der Waals surface area contributed by atoms with Gasteiger partial charge in [0.2, 0.25) is 5.91 Å². The summed E-state index contributed by atoms with van der Waals surface area (Å²) in [4.78, 5) is 14.0. The monoisotopic (exact) mass is 418 g/mol. The first-order valence-corrected chi connectivity index (χ1v) is 10.2. The number of benzene rings is 2. The van der Waals surface area contributed by atoms with E-state index in [2.05, 4.69) is 15.7 Å². The summed E-state index contributed by atoms with van der Waals surface area (Å²) in [5.41, 5.74) is 8.02. The Bertz CT molecular complexity index is 931. The van der Waals surface area contributed by atoms with Crippen molar-refractivity contribution < 1.29 is 22.7 Å². The van der Waals surface area contributed by atoms with Crippen LogP contribution in [0.2, 0.25) is 0 Å². The quantitative estimate of drug-likeness (QED) is 0.761. The second kappa shape index (κ2) is 7.95. The highest BCUT2D eigenvalue weighted by Crippen LogP contribution is 2.47. The minimum atomic E-state index is -4.69. The van der Waals surface area contributed by atoms with Crippen LogP contribution >= 0.6 is 0 Å². The standard InChI is InChI=1S/C23H25F3N2O2/c24-23(25,26)30-20-8-1-4-16(12-20)15-28-11-10-22(9-3-7-19(28)14-22)18-6-2-5-17(13-18)21(27)29/h1-2,4-6,8,12-13,19H,3,7,9-11,14-15H2,(H2,27,29). The number of halogens is 3. The summed E-state index contributed by atoms with van der Waals surface area (Å²) < 4.78 is 41.6. The predicted molar refractivity (Wildman–Crippen MR) is 107 cm³/mol. The van der Waals surface area contributed by atoms with Gasteiger partial charge in [0.05, 0.1) is 0 Å². The Hall–Kier alpha value is -2.54. The smallest absolute Gasteiger partial charge is 0.406 e. The van der Waals surface area contributed by atoms with Crippen molar-refractivity contribution in [3.05, 3.63) is 65.2 Å². The highest BCUT2D eigenvalue weighted by atomic mass is 19.4. The Kier molecular flexibility index (Phi) is 5.49. The number of fused-ring (bicyclic) bond motifs is 2. The zero-order valence-corrected chi connectivity index (χ0v) is 16.6. The van der Waals surface area contributed by atoms with Crippen LogP contribution in [0, 0.1) is 0 Å². The third-order valence-corrected chi connectivity index (χ3v) is 6.49. The maximum Gasteiger partial charge on any atom is 0.573 e. The Morgan fingerprint density at radius 3 is 2.73 bits per heavy atom. The van der Waals surface area contributed by atoms with Gasteiger partial charge in [-0.3, -0.25) is 9.69 Å². The summed E-state index contributed by atoms with van der Waals surface area (Å²) in [6.07, 6.45) is 0.467. The molecule has 7 heteroatoms. The molecule has 4 rings (SSSR count). The van der Waals surface area contributed by atoms with Crippen LogP contribution in [0.3, 0.4) is 0 Å². The number of hydrogen-bond donors (Lipinski definition) is 1. The molecule has 4 nitrogen and oxygen atoms in total. The number of nitrogens with zero attached hydrogens (tertiary/aromatic N) is 1. The topological polar surface area (TPSA) is 55.6 Å². The lowest BCUT2D eigenvalue weighted by molar-refractivity contribution is -0.274. The maximum atomic E-state index is 12.5. The van der Waals surface area contributed by atoms with Gasteiger partial charge >= 0.3 is 6.36 Å². The van der Waals surface area contributed by atoms with Crippen molar-refractivity contribution in [3.63, 3.8) is 0 Å². The van der Waals surface area contributed by atoms with Gasteiger partial charge in [-0.05, 0) is 73.0 Å². The highest BCUT2D eigenvalue weighted by molar-refractivity contribution is 5.92. The van der Waals surface area contributed by atoms with Crippen LogP contribution in [0.25, 0.3) is 0 Å². The van der Waals surface area contributed by atoms with E-state index in [1.54, 1.807) is 12.1 Å². The molecule has 2 fully saturated rings. The summed E-state index contributed by atoms with van der Waals surface area (Å²) in [6.45, 7) is 1.45. The molecule has 1 heterocycles. The van der Waals surface area contributed by atoms with Crippen LogP contribution in [-0.2, 0) is 12.0 Å². The van der Waals surface area contributed by atoms with E-state index in [0.717, 1.165) is 44.2 Å². The molecule has 30 heavy (non-hydrogen) atoms. The van der Waals surface area contributed by atoms with Gasteiger partial charge in [0.15, 0.2) is 0 Å². The Labute approximate surface area is 173 Å². The number of carbonyl (C=O) groups excluding carboxylic acids is 1. The SMILES string of the molecule is NC(=O)c1cccc(C23CCCC(C2)N(Cc2cccc(OC(F)(F)F)c2)CC3)c1.